The highest BCUT2D eigenvalue weighted by Crippen LogP contribution is 2.00. The maximum Gasteiger partial charge on any atom is 0.333 e. The lowest BCUT2D eigenvalue weighted by Crippen LogP contribution is -2.45. The van der Waals surface area contributed by atoms with Gasteiger partial charge in [-0.3, -0.25) is 4.18 Å². The average molecular weight is 281 g/mol. The molecular weight excluding hydrogens is 262 g/mol. The monoisotopic (exact) mass is 281 g/mol. The van der Waals surface area contributed by atoms with Crippen LogP contribution in [0.5, 0.6) is 0 Å². The number of ether oxygens (including phenoxy) is 1. The van der Waals surface area contributed by atoms with Crippen LogP contribution >= 0.6 is 0 Å². The molecule has 0 atom stereocenters. The van der Waals surface area contributed by atoms with Crippen LogP contribution in [-0.4, -0.2) is 63.8 Å². The molecule has 18 heavy (non-hydrogen) atoms. The first-order valence-electron chi connectivity index (χ1n) is 5.28. The van der Waals surface area contributed by atoms with Gasteiger partial charge in [0.1, 0.15) is 26.3 Å². The minimum atomic E-state index is -4.65. The third-order valence-corrected chi connectivity index (χ3v) is 2.66. The maximum absolute atomic E-state index is 11.1. The molecule has 0 spiro atoms. The Bertz CT molecular complexity index is 401. The van der Waals surface area contributed by atoms with Crippen LogP contribution in [0.2, 0.25) is 0 Å². The lowest BCUT2D eigenvalue weighted by atomic mass is 10.4. The van der Waals surface area contributed by atoms with Crippen LogP contribution in [0.3, 0.4) is 0 Å². The van der Waals surface area contributed by atoms with Gasteiger partial charge in [-0.1, -0.05) is 6.58 Å². The summed E-state index contributed by atoms with van der Waals surface area (Å²) in [6.45, 7) is 5.76. The number of hydrogen-bond acceptors (Lipinski definition) is 6. The number of carbonyl (C=O) groups is 1. The molecule has 0 rings (SSSR count). The second-order valence-electron chi connectivity index (χ2n) is 4.53. The van der Waals surface area contributed by atoms with Crippen LogP contribution in [0.25, 0.3) is 0 Å². The number of quaternary nitrogens is 1. The Morgan fingerprint density at radius 3 is 2.22 bits per heavy atom. The van der Waals surface area contributed by atoms with E-state index in [0.29, 0.717) is 23.1 Å². The molecule has 0 saturated heterocycles. The predicted molar refractivity (Wildman–Crippen MR) is 63.3 cm³/mol. The van der Waals surface area contributed by atoms with Crippen LogP contribution < -0.4 is 0 Å². The van der Waals surface area contributed by atoms with Crippen molar-refractivity contribution in [2.75, 3.05) is 40.4 Å². The number of likely N-dealkylation sites (N-methyl/N-ethyl adjacent to an activating group) is 1. The van der Waals surface area contributed by atoms with Gasteiger partial charge in [0.25, 0.3) is 0 Å². The fourth-order valence-electron chi connectivity index (χ4n) is 1.01. The number of carbonyl (C=O) groups excluding carboxylic acids is 1. The average Bonchev–Trinajstić information content (AvgIpc) is 2.14. The Balaban J connectivity index is 3.94. The van der Waals surface area contributed by atoms with Crippen molar-refractivity contribution in [3.63, 3.8) is 0 Å². The summed E-state index contributed by atoms with van der Waals surface area (Å²) in [5, 5.41) is 0. The van der Waals surface area contributed by atoms with Crippen LogP contribution in [0.1, 0.15) is 6.92 Å². The smallest absolute Gasteiger partial charge is 0.333 e. The van der Waals surface area contributed by atoms with Gasteiger partial charge in [0.2, 0.25) is 10.4 Å². The molecule has 0 amide bonds. The minimum Gasteiger partial charge on any atom is -0.726 e. The predicted octanol–water partition coefficient (Wildman–Crippen LogP) is -0.341. The van der Waals surface area contributed by atoms with Crippen molar-refractivity contribution in [3.05, 3.63) is 12.2 Å². The minimum absolute atomic E-state index is 0.183. The molecule has 0 aromatic carbocycles. The molecule has 0 unspecified atom stereocenters. The quantitative estimate of drug-likeness (QED) is 0.199. The van der Waals surface area contributed by atoms with Gasteiger partial charge in [0.05, 0.1) is 14.1 Å². The molecule has 0 heterocycles. The highest BCUT2D eigenvalue weighted by molar-refractivity contribution is 7.80. The Labute approximate surface area is 108 Å². The van der Waals surface area contributed by atoms with Gasteiger partial charge in [-0.15, -0.1) is 0 Å². The summed E-state index contributed by atoms with van der Waals surface area (Å²) in [6, 6.07) is 0. The van der Waals surface area contributed by atoms with Crippen molar-refractivity contribution in [2.45, 2.75) is 6.92 Å². The highest BCUT2D eigenvalue weighted by atomic mass is 32.3. The van der Waals surface area contributed by atoms with Crippen molar-refractivity contribution < 1.29 is 31.2 Å². The van der Waals surface area contributed by atoms with Crippen LogP contribution in [0.4, 0.5) is 0 Å². The summed E-state index contributed by atoms with van der Waals surface area (Å²) >= 11 is 0. The lowest BCUT2D eigenvalue weighted by Gasteiger charge is -2.29. The Morgan fingerprint density at radius 1 is 1.28 bits per heavy atom. The van der Waals surface area contributed by atoms with E-state index in [1.54, 1.807) is 21.0 Å². The van der Waals surface area contributed by atoms with Gasteiger partial charge in [0.15, 0.2) is 0 Å². The molecule has 8 heteroatoms. The van der Waals surface area contributed by atoms with E-state index in [4.69, 9.17) is 4.74 Å². The van der Waals surface area contributed by atoms with Crippen molar-refractivity contribution >= 4 is 16.4 Å². The third kappa shape index (κ3) is 9.11. The van der Waals surface area contributed by atoms with E-state index in [1.807, 2.05) is 0 Å². The zero-order chi connectivity index (χ0) is 14.4. The molecular formula is C10H19NO6S. The van der Waals surface area contributed by atoms with E-state index < -0.39 is 16.4 Å². The number of esters is 1. The number of rotatable bonds is 8. The molecule has 0 radical (unpaired) electrons. The fourth-order valence-corrected chi connectivity index (χ4v) is 1.29. The van der Waals surface area contributed by atoms with Crippen molar-refractivity contribution in [1.29, 1.82) is 0 Å². The van der Waals surface area contributed by atoms with E-state index in [0.717, 1.165) is 0 Å². The Hall–Kier alpha value is -0.960. The Kier molecular flexibility index (Phi) is 6.47. The van der Waals surface area contributed by atoms with E-state index in [1.165, 1.54) is 0 Å². The molecule has 106 valence electrons. The van der Waals surface area contributed by atoms with Gasteiger partial charge in [-0.2, -0.15) is 0 Å². The summed E-state index contributed by atoms with van der Waals surface area (Å²) < 4.78 is 40.1. The summed E-state index contributed by atoms with van der Waals surface area (Å²) in [6.07, 6.45) is 0. The summed E-state index contributed by atoms with van der Waals surface area (Å²) in [4.78, 5) is 11.1. The number of hydrogen-bond donors (Lipinski definition) is 0. The molecule has 0 aliphatic carbocycles. The molecule has 7 nitrogen and oxygen atoms in total. The van der Waals surface area contributed by atoms with E-state index in [9.17, 15) is 17.8 Å². The van der Waals surface area contributed by atoms with E-state index in [-0.39, 0.29) is 13.2 Å². The molecule has 0 fully saturated rings. The molecule has 0 bridgehead atoms. The standard InChI is InChI=1S/C10H19NO6S/c1-9(2)10(12)16-7-5-11(3,4)6-8-17-18(13,14)15/h1,5-8H2,2-4H3. The zero-order valence-corrected chi connectivity index (χ0v) is 11.7. The van der Waals surface area contributed by atoms with Gasteiger partial charge < -0.3 is 13.8 Å². The first-order valence-corrected chi connectivity index (χ1v) is 6.62. The Morgan fingerprint density at radius 2 is 1.78 bits per heavy atom. The summed E-state index contributed by atoms with van der Waals surface area (Å²) in [5.74, 6) is -0.464. The lowest BCUT2D eigenvalue weighted by molar-refractivity contribution is -0.890. The highest BCUT2D eigenvalue weighted by Gasteiger charge is 2.16. The summed E-state index contributed by atoms with van der Waals surface area (Å²) in [5.41, 5.74) is 0.320. The van der Waals surface area contributed by atoms with Gasteiger partial charge in [0, 0.05) is 5.57 Å². The molecule has 0 aromatic heterocycles. The number of nitrogens with zero attached hydrogens (tertiary/aromatic N) is 1. The van der Waals surface area contributed by atoms with Crippen molar-refractivity contribution in [1.82, 2.24) is 0 Å². The van der Waals surface area contributed by atoms with Crippen LogP contribution in [0.15, 0.2) is 12.2 Å². The molecule has 0 saturated carbocycles. The van der Waals surface area contributed by atoms with Gasteiger partial charge in [-0.05, 0) is 6.92 Å². The molecule has 0 aromatic rings. The molecule has 0 N–H and O–H groups in total. The van der Waals surface area contributed by atoms with Crippen LogP contribution in [0, 0.1) is 0 Å². The second-order valence-corrected chi connectivity index (χ2v) is 5.58. The first kappa shape index (κ1) is 17.0. The van der Waals surface area contributed by atoms with Gasteiger partial charge >= 0.3 is 5.97 Å². The van der Waals surface area contributed by atoms with E-state index >= 15 is 0 Å². The first-order chi connectivity index (χ1) is 8.03. The third-order valence-electron chi connectivity index (χ3n) is 2.20. The van der Waals surface area contributed by atoms with Crippen LogP contribution in [-0.2, 0) is 24.1 Å². The molecule has 0 aliphatic heterocycles. The van der Waals surface area contributed by atoms with Crippen molar-refractivity contribution in [2.24, 2.45) is 0 Å². The van der Waals surface area contributed by atoms with E-state index in [2.05, 4.69) is 10.8 Å². The SMILES string of the molecule is C=C(C)C(=O)OCC[N+](C)(C)CCOS(=O)(=O)[O-]. The van der Waals surface area contributed by atoms with Gasteiger partial charge in [-0.25, -0.2) is 13.2 Å². The topological polar surface area (TPSA) is 92.7 Å². The summed E-state index contributed by atoms with van der Waals surface area (Å²) in [7, 11) is -1.05. The fraction of sp³-hybridized carbons (Fsp3) is 0.700. The normalized spacial score (nSPS) is 12.2. The molecule has 0 aliphatic rings. The largest absolute Gasteiger partial charge is 0.726 e. The second kappa shape index (κ2) is 6.83. The van der Waals surface area contributed by atoms with Crippen molar-refractivity contribution in [3.8, 4) is 0 Å². The maximum atomic E-state index is 11.1. The zero-order valence-electron chi connectivity index (χ0n) is 10.8.